The molecule has 2 nitrogen and oxygen atoms in total. The van der Waals surface area contributed by atoms with Gasteiger partial charge in [0.2, 0.25) is 0 Å². The quantitative estimate of drug-likeness (QED) is 0.340. The third-order valence-electron chi connectivity index (χ3n) is 2.54. The average molecular weight is 511 g/mol. The van der Waals surface area contributed by atoms with Crippen LogP contribution in [0.15, 0.2) is 0 Å². The van der Waals surface area contributed by atoms with Crippen LogP contribution in [-0.2, 0) is 9.47 Å². The van der Waals surface area contributed by atoms with E-state index in [1.165, 1.54) is 25.7 Å². The number of hydrogen-bond acceptors (Lipinski definition) is 2. The zero-order valence-electron chi connectivity index (χ0n) is 15.6. The Morgan fingerprint density at radius 2 is 0.750 bits per heavy atom. The molecule has 0 aromatic rings. The van der Waals surface area contributed by atoms with Gasteiger partial charge >= 0.3 is 0 Å². The standard InChI is InChI=1S/C8H8.2C4H8O.C4H11Si.Lu/c1-2-4-6-8-7-5-3-1;2*1-2-4-5-3-1;1-5(2,3)4;/h1-8H;2*1-4H2;1H2,2-4H3;/q;;;-1;. The van der Waals surface area contributed by atoms with Crippen molar-refractivity contribution < 1.29 is 46.3 Å². The molecule has 0 unspecified atom stereocenters. The summed E-state index contributed by atoms with van der Waals surface area (Å²) in [4.78, 5) is 0. The van der Waals surface area contributed by atoms with Gasteiger partial charge in [-0.2, -0.15) is 0 Å². The summed E-state index contributed by atoms with van der Waals surface area (Å²) < 4.78 is 9.89. The Hall–Kier alpha value is 1.37. The Morgan fingerprint density at radius 3 is 0.833 bits per heavy atom. The molecule has 1 aliphatic carbocycles. The molecule has 3 fully saturated rings. The van der Waals surface area contributed by atoms with Gasteiger partial charge in [-0.15, -0.1) is 8.07 Å². The summed E-state index contributed by atoms with van der Waals surface area (Å²) in [6, 6.07) is 0. The molecule has 0 aromatic heterocycles. The van der Waals surface area contributed by atoms with Crippen molar-refractivity contribution in [3.63, 3.8) is 0 Å². The minimum Gasteiger partial charge on any atom is -0.381 e. The Bertz CT molecular complexity index is 169. The van der Waals surface area contributed by atoms with Gasteiger partial charge in [0.05, 0.1) is 0 Å². The fourth-order valence-electron chi connectivity index (χ4n) is 1.53. The van der Waals surface area contributed by atoms with Gasteiger partial charge < -0.3 is 16.0 Å². The molecule has 0 bridgehead atoms. The van der Waals surface area contributed by atoms with Crippen molar-refractivity contribution in [3.8, 4) is 0 Å². The van der Waals surface area contributed by atoms with Gasteiger partial charge in [0.15, 0.2) is 0 Å². The zero-order chi connectivity index (χ0) is 17.2. The smallest absolute Gasteiger partial charge is 0.0466 e. The molecule has 2 heterocycles. The molecule has 147 valence electrons. The Morgan fingerprint density at radius 1 is 0.583 bits per heavy atom. The summed E-state index contributed by atoms with van der Waals surface area (Å²) in [5, 5.41) is 0. The van der Waals surface area contributed by atoms with Crippen LogP contribution in [0.3, 0.4) is 0 Å². The maximum Gasteiger partial charge on any atom is 0.0466 e. The topological polar surface area (TPSA) is 18.5 Å². The van der Waals surface area contributed by atoms with Crippen molar-refractivity contribution >= 4 is 8.07 Å². The zero-order valence-corrected chi connectivity index (χ0v) is 18.2. The van der Waals surface area contributed by atoms with E-state index >= 15 is 0 Å². The van der Waals surface area contributed by atoms with E-state index in [4.69, 9.17) is 9.47 Å². The summed E-state index contributed by atoms with van der Waals surface area (Å²) in [7, 11) is -0.861. The molecule has 0 N–H and O–H groups in total. The van der Waals surface area contributed by atoms with E-state index in [-0.39, 0.29) is 36.9 Å². The second-order valence-electron chi connectivity index (χ2n) is 6.74. The van der Waals surface area contributed by atoms with Gasteiger partial charge in [-0.05, 0) is 77.0 Å². The molecule has 0 spiro atoms. The SMILES string of the molecule is C1CCOC1.C1CCOC1.[CH2-][Si](C)(C)C.[CH]1[CH][CH][CH][CH][CH][CH][CH]1.[Lu]. The predicted molar refractivity (Wildman–Crippen MR) is 103 cm³/mol. The van der Waals surface area contributed by atoms with Crippen molar-refractivity contribution in [2.24, 2.45) is 0 Å². The molecule has 2 saturated heterocycles. The van der Waals surface area contributed by atoms with E-state index in [0.717, 1.165) is 26.4 Å². The van der Waals surface area contributed by atoms with Crippen LogP contribution in [0.1, 0.15) is 25.7 Å². The fraction of sp³-hybridized carbons (Fsp3) is 0.550. The van der Waals surface area contributed by atoms with E-state index in [1.54, 1.807) is 0 Å². The van der Waals surface area contributed by atoms with E-state index < -0.39 is 8.07 Å². The van der Waals surface area contributed by atoms with E-state index in [2.05, 4.69) is 26.2 Å². The molecule has 9 radical (unpaired) electrons. The molecule has 24 heavy (non-hydrogen) atoms. The van der Waals surface area contributed by atoms with Crippen LogP contribution in [0.2, 0.25) is 19.6 Å². The summed E-state index contributed by atoms with van der Waals surface area (Å²) in [6.45, 7) is 14.6. The second-order valence-corrected chi connectivity index (χ2v) is 11.9. The molecule has 1 saturated carbocycles. The van der Waals surface area contributed by atoms with Crippen molar-refractivity contribution in [3.05, 3.63) is 57.9 Å². The van der Waals surface area contributed by atoms with Crippen LogP contribution < -0.4 is 0 Å². The normalized spacial score (nSPS) is 20.5. The molecule has 3 aliphatic rings. The molecule has 2 aliphatic heterocycles. The van der Waals surface area contributed by atoms with Crippen LogP contribution in [0.5, 0.6) is 0 Å². The van der Waals surface area contributed by atoms with Crippen molar-refractivity contribution in [2.75, 3.05) is 26.4 Å². The van der Waals surface area contributed by atoms with Gasteiger partial charge in [0.25, 0.3) is 0 Å². The van der Waals surface area contributed by atoms with Gasteiger partial charge in [-0.1, -0.05) is 19.6 Å². The molecular weight excluding hydrogens is 475 g/mol. The fourth-order valence-corrected chi connectivity index (χ4v) is 1.53. The maximum atomic E-state index is 4.94. The molecule has 4 heteroatoms. The molecule has 0 amide bonds. The van der Waals surface area contributed by atoms with Gasteiger partial charge in [0, 0.05) is 63.3 Å². The first-order valence-electron chi connectivity index (χ1n) is 8.67. The van der Waals surface area contributed by atoms with E-state index in [0.29, 0.717) is 0 Å². The summed E-state index contributed by atoms with van der Waals surface area (Å²) >= 11 is 0. The van der Waals surface area contributed by atoms with Gasteiger partial charge in [0.1, 0.15) is 0 Å². The summed E-state index contributed by atoms with van der Waals surface area (Å²) in [5.41, 5.74) is 0. The van der Waals surface area contributed by atoms with E-state index in [1.807, 2.05) is 51.4 Å². The van der Waals surface area contributed by atoms with Gasteiger partial charge in [-0.25, -0.2) is 0 Å². The minimum absolute atomic E-state index is 0. The van der Waals surface area contributed by atoms with Crippen LogP contribution in [0.25, 0.3) is 0 Å². The van der Waals surface area contributed by atoms with Crippen LogP contribution in [-0.4, -0.2) is 34.5 Å². The first-order valence-corrected chi connectivity index (χ1v) is 12.4. The van der Waals surface area contributed by atoms with Crippen LogP contribution in [0.4, 0.5) is 0 Å². The molecular formula is C20H35LuO2Si-. The third-order valence-corrected chi connectivity index (χ3v) is 2.54. The van der Waals surface area contributed by atoms with E-state index in [9.17, 15) is 0 Å². The minimum atomic E-state index is -0.861. The predicted octanol–water partition coefficient (Wildman–Crippen LogP) is 4.93. The number of hydrogen-bond donors (Lipinski definition) is 0. The first kappa shape index (κ1) is 27.6. The summed E-state index contributed by atoms with van der Waals surface area (Å²) in [6.07, 6.45) is 21.1. The van der Waals surface area contributed by atoms with Crippen molar-refractivity contribution in [2.45, 2.75) is 45.3 Å². The monoisotopic (exact) mass is 510 g/mol. The van der Waals surface area contributed by atoms with Gasteiger partial charge in [-0.3, -0.25) is 0 Å². The Balaban J connectivity index is 0. The number of rotatable bonds is 0. The molecule has 0 atom stereocenters. The Kier molecular flexibility index (Phi) is 23.8. The van der Waals surface area contributed by atoms with Crippen LogP contribution >= 0.6 is 0 Å². The first-order chi connectivity index (χ1) is 11.0. The molecule has 0 aromatic carbocycles. The van der Waals surface area contributed by atoms with Crippen molar-refractivity contribution in [1.29, 1.82) is 0 Å². The van der Waals surface area contributed by atoms with Crippen LogP contribution in [0, 0.1) is 94.8 Å². The largest absolute Gasteiger partial charge is 0.381 e. The summed E-state index contributed by atoms with van der Waals surface area (Å²) in [5.74, 6) is 0. The third kappa shape index (κ3) is 31.2. The Labute approximate surface area is 183 Å². The number of ether oxygens (including phenoxy) is 2. The molecule has 3 rings (SSSR count). The average Bonchev–Trinajstić information content (AvgIpc) is 3.16. The maximum absolute atomic E-state index is 4.94. The van der Waals surface area contributed by atoms with Crippen molar-refractivity contribution in [1.82, 2.24) is 0 Å². The second kappa shape index (κ2) is 20.7.